The summed E-state index contributed by atoms with van der Waals surface area (Å²) in [6.45, 7) is 6.89. The number of methoxy groups -OCH3 is 1. The van der Waals surface area contributed by atoms with Gasteiger partial charge in [-0.15, -0.1) is 0 Å². The molecule has 1 aliphatic rings. The minimum Gasteiger partial charge on any atom is -0.496 e. The summed E-state index contributed by atoms with van der Waals surface area (Å²) >= 11 is 0. The van der Waals surface area contributed by atoms with Crippen LogP contribution in [0.15, 0.2) is 47.4 Å². The van der Waals surface area contributed by atoms with Crippen LogP contribution in [-0.4, -0.2) is 65.1 Å². The van der Waals surface area contributed by atoms with E-state index in [2.05, 4.69) is 10.2 Å². The Morgan fingerprint density at radius 2 is 1.82 bits per heavy atom. The molecule has 0 unspecified atom stereocenters. The predicted octanol–water partition coefficient (Wildman–Crippen LogP) is 3.13. The van der Waals surface area contributed by atoms with Crippen LogP contribution in [0, 0.1) is 0 Å². The van der Waals surface area contributed by atoms with Crippen LogP contribution in [-0.2, 0) is 26.0 Å². The number of hydrogen-bond acceptors (Lipinski definition) is 6. The Labute approximate surface area is 196 Å². The summed E-state index contributed by atoms with van der Waals surface area (Å²) in [7, 11) is -2.04. The SMILES string of the molecule is CCN(CC)S(=O)(=O)c1ccc(N2CCOCC2)c(NC(=O)CCc2ccccc2OC)c1. The van der Waals surface area contributed by atoms with Crippen LogP contribution >= 0.6 is 0 Å². The van der Waals surface area contributed by atoms with E-state index in [4.69, 9.17) is 9.47 Å². The molecule has 0 bridgehead atoms. The first kappa shape index (κ1) is 25.0. The lowest BCUT2D eigenvalue weighted by Crippen LogP contribution is -2.37. The highest BCUT2D eigenvalue weighted by Gasteiger charge is 2.24. The van der Waals surface area contributed by atoms with Gasteiger partial charge in [0.15, 0.2) is 0 Å². The molecule has 0 aromatic heterocycles. The number of hydrogen-bond donors (Lipinski definition) is 1. The second-order valence-electron chi connectivity index (χ2n) is 7.73. The Morgan fingerprint density at radius 3 is 2.48 bits per heavy atom. The molecule has 1 N–H and O–H groups in total. The lowest BCUT2D eigenvalue weighted by atomic mass is 10.1. The predicted molar refractivity (Wildman–Crippen MR) is 130 cm³/mol. The maximum Gasteiger partial charge on any atom is 0.243 e. The zero-order valence-electron chi connectivity index (χ0n) is 19.5. The summed E-state index contributed by atoms with van der Waals surface area (Å²) < 4.78 is 38.4. The van der Waals surface area contributed by atoms with E-state index >= 15 is 0 Å². The van der Waals surface area contributed by atoms with Gasteiger partial charge in [-0.2, -0.15) is 4.31 Å². The number of benzene rings is 2. The Hall–Kier alpha value is -2.62. The molecule has 33 heavy (non-hydrogen) atoms. The molecule has 1 fully saturated rings. The van der Waals surface area contributed by atoms with E-state index in [-0.39, 0.29) is 17.2 Å². The highest BCUT2D eigenvalue weighted by atomic mass is 32.2. The summed E-state index contributed by atoms with van der Waals surface area (Å²) in [5, 5.41) is 2.96. The Morgan fingerprint density at radius 1 is 1.12 bits per heavy atom. The van der Waals surface area contributed by atoms with Crippen LogP contribution in [0.5, 0.6) is 5.75 Å². The summed E-state index contributed by atoms with van der Waals surface area (Å²) in [5.74, 6) is 0.555. The topological polar surface area (TPSA) is 88.2 Å². The third-order valence-electron chi connectivity index (χ3n) is 5.75. The standard InChI is InChI=1S/C24H33N3O5S/c1-4-27(5-2)33(29,30)20-11-12-22(26-14-16-32-17-15-26)21(18-20)25-24(28)13-10-19-8-6-7-9-23(19)31-3/h6-9,11-12,18H,4-5,10,13-17H2,1-3H3,(H,25,28). The highest BCUT2D eigenvalue weighted by Crippen LogP contribution is 2.31. The normalized spacial score (nSPS) is 14.4. The molecule has 1 amide bonds. The van der Waals surface area contributed by atoms with E-state index in [0.717, 1.165) is 17.0 Å². The molecule has 1 aliphatic heterocycles. The number of nitrogens with zero attached hydrogens (tertiary/aromatic N) is 2. The van der Waals surface area contributed by atoms with Crippen LogP contribution in [0.3, 0.4) is 0 Å². The van der Waals surface area contributed by atoms with Crippen molar-refractivity contribution in [1.82, 2.24) is 4.31 Å². The number of rotatable bonds is 10. The van der Waals surface area contributed by atoms with Gasteiger partial charge in [-0.3, -0.25) is 4.79 Å². The van der Waals surface area contributed by atoms with Gasteiger partial charge in [0.1, 0.15) is 5.75 Å². The summed E-state index contributed by atoms with van der Waals surface area (Å²) in [6.07, 6.45) is 0.760. The summed E-state index contributed by atoms with van der Waals surface area (Å²) in [4.78, 5) is 15.1. The number of carbonyl (C=O) groups excluding carboxylic acids is 1. The molecule has 1 heterocycles. The van der Waals surface area contributed by atoms with Crippen LogP contribution in [0.4, 0.5) is 11.4 Å². The number of carbonyl (C=O) groups is 1. The van der Waals surface area contributed by atoms with Crippen LogP contribution in [0.2, 0.25) is 0 Å². The number of anilines is 2. The van der Waals surface area contributed by atoms with Gasteiger partial charge < -0.3 is 19.7 Å². The molecule has 2 aromatic carbocycles. The van der Waals surface area contributed by atoms with Crippen LogP contribution in [0.1, 0.15) is 25.8 Å². The molecule has 9 heteroatoms. The molecule has 8 nitrogen and oxygen atoms in total. The molecular formula is C24H33N3O5S. The zero-order valence-corrected chi connectivity index (χ0v) is 20.4. The van der Waals surface area contributed by atoms with Gasteiger partial charge in [0, 0.05) is 32.6 Å². The fourth-order valence-corrected chi connectivity index (χ4v) is 5.42. The monoisotopic (exact) mass is 475 g/mol. The van der Waals surface area contributed by atoms with Gasteiger partial charge in [-0.05, 0) is 36.2 Å². The minimum absolute atomic E-state index is 0.170. The van der Waals surface area contributed by atoms with Gasteiger partial charge in [-0.25, -0.2) is 8.42 Å². The molecule has 0 saturated carbocycles. The molecule has 2 aromatic rings. The quantitative estimate of drug-likeness (QED) is 0.568. The van der Waals surface area contributed by atoms with E-state index in [1.165, 1.54) is 4.31 Å². The first-order chi connectivity index (χ1) is 15.9. The van der Waals surface area contributed by atoms with Crippen molar-refractivity contribution in [3.63, 3.8) is 0 Å². The van der Waals surface area contributed by atoms with Gasteiger partial charge >= 0.3 is 0 Å². The van der Waals surface area contributed by atoms with Crippen LogP contribution in [0.25, 0.3) is 0 Å². The third-order valence-corrected chi connectivity index (χ3v) is 7.80. The smallest absolute Gasteiger partial charge is 0.243 e. The van der Waals surface area contributed by atoms with E-state index in [0.29, 0.717) is 51.5 Å². The minimum atomic E-state index is -3.65. The van der Waals surface area contributed by atoms with E-state index in [1.54, 1.807) is 25.3 Å². The number of aryl methyl sites for hydroxylation is 1. The van der Waals surface area contributed by atoms with E-state index in [9.17, 15) is 13.2 Å². The molecular weight excluding hydrogens is 442 g/mol. The summed E-state index contributed by atoms with van der Waals surface area (Å²) in [6, 6.07) is 12.6. The molecule has 0 spiro atoms. The average molecular weight is 476 g/mol. The lowest BCUT2D eigenvalue weighted by molar-refractivity contribution is -0.116. The highest BCUT2D eigenvalue weighted by molar-refractivity contribution is 7.89. The fraction of sp³-hybridized carbons (Fsp3) is 0.458. The van der Waals surface area contributed by atoms with Crippen molar-refractivity contribution in [2.45, 2.75) is 31.6 Å². The molecule has 0 radical (unpaired) electrons. The first-order valence-corrected chi connectivity index (χ1v) is 12.7. The van der Waals surface area contributed by atoms with Crippen molar-refractivity contribution in [2.75, 3.05) is 56.7 Å². The molecule has 1 saturated heterocycles. The third kappa shape index (κ3) is 6.04. The van der Waals surface area contributed by atoms with Crippen molar-refractivity contribution in [3.8, 4) is 5.75 Å². The number of morpholine rings is 1. The van der Waals surface area contributed by atoms with Gasteiger partial charge in [0.2, 0.25) is 15.9 Å². The molecule has 0 atom stereocenters. The van der Waals surface area contributed by atoms with E-state index < -0.39 is 10.0 Å². The molecule has 3 rings (SSSR count). The van der Waals surface area contributed by atoms with Gasteiger partial charge in [0.05, 0.1) is 36.6 Å². The fourth-order valence-electron chi connectivity index (χ4n) is 3.94. The van der Waals surface area contributed by atoms with Gasteiger partial charge in [-0.1, -0.05) is 32.0 Å². The van der Waals surface area contributed by atoms with E-state index in [1.807, 2.05) is 38.1 Å². The largest absolute Gasteiger partial charge is 0.496 e. The van der Waals surface area contributed by atoms with Crippen molar-refractivity contribution in [2.24, 2.45) is 0 Å². The first-order valence-electron chi connectivity index (χ1n) is 11.3. The number of nitrogens with one attached hydrogen (secondary N) is 1. The Bertz CT molecular complexity index is 1050. The molecule has 0 aliphatic carbocycles. The zero-order chi connectivity index (χ0) is 23.8. The maximum atomic E-state index is 13.1. The van der Waals surface area contributed by atoms with Crippen molar-refractivity contribution >= 4 is 27.3 Å². The second kappa shape index (κ2) is 11.5. The average Bonchev–Trinajstić information content (AvgIpc) is 2.84. The summed E-state index contributed by atoms with van der Waals surface area (Å²) in [5.41, 5.74) is 2.24. The van der Waals surface area contributed by atoms with Crippen molar-refractivity contribution in [1.29, 1.82) is 0 Å². The van der Waals surface area contributed by atoms with Gasteiger partial charge in [0.25, 0.3) is 0 Å². The number of amides is 1. The maximum absolute atomic E-state index is 13.1. The van der Waals surface area contributed by atoms with Crippen LogP contribution < -0.4 is 15.0 Å². The molecule has 180 valence electrons. The second-order valence-corrected chi connectivity index (χ2v) is 9.67. The number of ether oxygens (including phenoxy) is 2. The Balaban J connectivity index is 1.85. The van der Waals surface area contributed by atoms with Crippen molar-refractivity contribution < 1.29 is 22.7 Å². The number of para-hydroxylation sites is 1. The lowest BCUT2D eigenvalue weighted by Gasteiger charge is -2.31. The van der Waals surface area contributed by atoms with Crippen molar-refractivity contribution in [3.05, 3.63) is 48.0 Å². The Kier molecular flexibility index (Phi) is 8.71. The number of sulfonamides is 1.